The number of Topliss-reactive ketones (excluding diaryl/α,β-unsaturated/α-hetero) is 1. The molecule has 0 bridgehead atoms. The third kappa shape index (κ3) is 3.94. The van der Waals surface area contributed by atoms with E-state index in [-0.39, 0.29) is 17.2 Å². The van der Waals surface area contributed by atoms with Crippen molar-refractivity contribution in [1.29, 1.82) is 0 Å². The number of amides is 3. The summed E-state index contributed by atoms with van der Waals surface area (Å²) in [7, 11) is 1.33. The quantitative estimate of drug-likeness (QED) is 0.441. The minimum absolute atomic E-state index is 0.0317. The lowest BCUT2D eigenvalue weighted by Crippen LogP contribution is -2.54. The van der Waals surface area contributed by atoms with Crippen LogP contribution in [0.1, 0.15) is 43.0 Å². The summed E-state index contributed by atoms with van der Waals surface area (Å²) < 4.78 is 23.3. The van der Waals surface area contributed by atoms with Crippen LogP contribution in [0, 0.1) is 11.7 Å². The number of carbonyl (C=O) groups is 4. The highest BCUT2D eigenvalue weighted by Gasteiger charge is 2.55. The van der Waals surface area contributed by atoms with Crippen molar-refractivity contribution in [3.05, 3.63) is 29.6 Å². The molecular weight excluding hydrogens is 383 g/mol. The van der Waals surface area contributed by atoms with Crippen LogP contribution in [0.15, 0.2) is 18.2 Å². The molecule has 1 heterocycles. The van der Waals surface area contributed by atoms with Gasteiger partial charge < -0.3 is 14.8 Å². The molecule has 2 fully saturated rings. The number of hydrogen-bond acceptors (Lipinski definition) is 6. The first-order valence-electron chi connectivity index (χ1n) is 9.45. The SMILES string of the molecule is COc1ccc(F)cc1C(=O)COC(=O)CN1C(=O)N[C@@]2(CCCC[C@H]2C)C1=O. The van der Waals surface area contributed by atoms with Crippen molar-refractivity contribution >= 4 is 23.7 Å². The number of halogens is 1. The number of urea groups is 1. The second-order valence-corrected chi connectivity index (χ2v) is 7.37. The van der Waals surface area contributed by atoms with E-state index in [1.807, 2.05) is 6.92 Å². The Morgan fingerprint density at radius 2 is 2.07 bits per heavy atom. The van der Waals surface area contributed by atoms with Crippen molar-refractivity contribution < 1.29 is 33.0 Å². The number of methoxy groups -OCH3 is 1. The van der Waals surface area contributed by atoms with E-state index in [1.54, 1.807) is 0 Å². The van der Waals surface area contributed by atoms with Gasteiger partial charge in [-0.05, 0) is 37.0 Å². The highest BCUT2D eigenvalue weighted by atomic mass is 19.1. The molecule has 2 atom stereocenters. The van der Waals surface area contributed by atoms with Gasteiger partial charge >= 0.3 is 12.0 Å². The average molecular weight is 406 g/mol. The molecule has 0 aromatic heterocycles. The third-order valence-corrected chi connectivity index (χ3v) is 5.61. The topological polar surface area (TPSA) is 102 Å². The molecule has 1 aromatic rings. The van der Waals surface area contributed by atoms with E-state index < -0.39 is 48.2 Å². The number of nitrogens with zero attached hydrogens (tertiary/aromatic N) is 1. The Morgan fingerprint density at radius 3 is 2.76 bits per heavy atom. The molecule has 0 unspecified atom stereocenters. The molecule has 3 rings (SSSR count). The molecule has 29 heavy (non-hydrogen) atoms. The highest BCUT2D eigenvalue weighted by Crippen LogP contribution is 2.38. The van der Waals surface area contributed by atoms with Gasteiger partial charge in [-0.1, -0.05) is 19.8 Å². The Bertz CT molecular complexity index is 857. The van der Waals surface area contributed by atoms with Gasteiger partial charge in [0.15, 0.2) is 6.61 Å². The Labute approximate surface area is 167 Å². The van der Waals surface area contributed by atoms with Crippen molar-refractivity contribution in [2.45, 2.75) is 38.1 Å². The molecule has 0 radical (unpaired) electrons. The highest BCUT2D eigenvalue weighted by molar-refractivity contribution is 6.09. The minimum atomic E-state index is -0.972. The zero-order chi connectivity index (χ0) is 21.2. The van der Waals surface area contributed by atoms with Gasteiger partial charge in [0.25, 0.3) is 5.91 Å². The van der Waals surface area contributed by atoms with E-state index in [9.17, 15) is 23.6 Å². The molecule has 1 aliphatic carbocycles. The molecule has 1 spiro atoms. The number of esters is 1. The molecule has 156 valence electrons. The van der Waals surface area contributed by atoms with Crippen molar-refractivity contribution in [3.63, 3.8) is 0 Å². The van der Waals surface area contributed by atoms with Gasteiger partial charge in [-0.25, -0.2) is 9.18 Å². The van der Waals surface area contributed by atoms with Crippen LogP contribution in [0.3, 0.4) is 0 Å². The first kappa shape index (κ1) is 20.8. The first-order valence-corrected chi connectivity index (χ1v) is 9.45. The second kappa shape index (κ2) is 8.18. The standard InChI is InChI=1S/C20H23FN2O6/c1-12-5-3-4-8-20(12)18(26)23(19(27)22-20)10-17(25)29-11-15(24)14-9-13(21)6-7-16(14)28-2/h6-7,9,12H,3-5,8,10-11H2,1-2H3,(H,22,27)/t12-,20-/m1/s1. The monoisotopic (exact) mass is 406 g/mol. The Kier molecular flexibility index (Phi) is 5.86. The van der Waals surface area contributed by atoms with E-state index in [0.29, 0.717) is 6.42 Å². The number of ketones is 1. The van der Waals surface area contributed by atoms with E-state index in [2.05, 4.69) is 5.32 Å². The van der Waals surface area contributed by atoms with E-state index >= 15 is 0 Å². The van der Waals surface area contributed by atoms with Gasteiger partial charge in [-0.15, -0.1) is 0 Å². The number of rotatable bonds is 6. The largest absolute Gasteiger partial charge is 0.496 e. The first-order chi connectivity index (χ1) is 13.8. The average Bonchev–Trinajstić information content (AvgIpc) is 2.93. The van der Waals surface area contributed by atoms with Crippen LogP contribution >= 0.6 is 0 Å². The van der Waals surface area contributed by atoms with Crippen molar-refractivity contribution in [2.24, 2.45) is 5.92 Å². The summed E-state index contributed by atoms with van der Waals surface area (Å²) in [5, 5.41) is 2.74. The van der Waals surface area contributed by atoms with Gasteiger partial charge in [0.1, 0.15) is 23.7 Å². The van der Waals surface area contributed by atoms with Crippen molar-refractivity contribution in [2.75, 3.05) is 20.3 Å². The summed E-state index contributed by atoms with van der Waals surface area (Å²) in [6, 6.07) is 2.78. The number of nitrogens with one attached hydrogen (secondary N) is 1. The normalized spacial score (nSPS) is 23.8. The van der Waals surface area contributed by atoms with Crippen LogP contribution < -0.4 is 10.1 Å². The minimum Gasteiger partial charge on any atom is -0.496 e. The van der Waals surface area contributed by atoms with Crippen molar-refractivity contribution in [3.8, 4) is 5.75 Å². The molecule has 3 amide bonds. The second-order valence-electron chi connectivity index (χ2n) is 7.37. The van der Waals surface area contributed by atoms with Gasteiger partial charge in [0, 0.05) is 0 Å². The van der Waals surface area contributed by atoms with Gasteiger partial charge in [-0.3, -0.25) is 19.3 Å². The van der Waals surface area contributed by atoms with Gasteiger partial charge in [0.2, 0.25) is 5.78 Å². The van der Waals surface area contributed by atoms with E-state index in [1.165, 1.54) is 13.2 Å². The third-order valence-electron chi connectivity index (χ3n) is 5.61. The lowest BCUT2D eigenvalue weighted by molar-refractivity contribution is -0.147. The van der Waals surface area contributed by atoms with Gasteiger partial charge in [0.05, 0.1) is 12.7 Å². The molecule has 1 saturated carbocycles. The fraction of sp³-hybridized carbons (Fsp3) is 0.500. The van der Waals surface area contributed by atoms with Crippen molar-refractivity contribution in [1.82, 2.24) is 10.2 Å². The zero-order valence-corrected chi connectivity index (χ0v) is 16.3. The van der Waals surface area contributed by atoms with Crippen LogP contribution in [-0.4, -0.2) is 54.4 Å². The number of ether oxygens (including phenoxy) is 2. The summed E-state index contributed by atoms with van der Waals surface area (Å²) >= 11 is 0. The summed E-state index contributed by atoms with van der Waals surface area (Å²) in [6.07, 6.45) is 3.15. The lowest BCUT2D eigenvalue weighted by Gasteiger charge is -2.36. The number of hydrogen-bond donors (Lipinski definition) is 1. The Morgan fingerprint density at radius 1 is 1.31 bits per heavy atom. The fourth-order valence-corrected chi connectivity index (χ4v) is 3.94. The Hall–Kier alpha value is -2.97. The number of imide groups is 1. The van der Waals surface area contributed by atoms with E-state index in [0.717, 1.165) is 36.3 Å². The molecule has 1 aromatic carbocycles. The predicted molar refractivity (Wildman–Crippen MR) is 98.8 cm³/mol. The van der Waals surface area contributed by atoms with Crippen LogP contribution in [0.2, 0.25) is 0 Å². The summed E-state index contributed by atoms with van der Waals surface area (Å²) in [5.74, 6) is -2.52. The smallest absolute Gasteiger partial charge is 0.326 e. The predicted octanol–water partition coefficient (Wildman–Crippen LogP) is 2.06. The Balaban J connectivity index is 1.61. The molecule has 9 heteroatoms. The van der Waals surface area contributed by atoms with Crippen LogP contribution in [0.5, 0.6) is 5.75 Å². The molecule has 1 N–H and O–H groups in total. The maximum atomic E-state index is 13.4. The van der Waals surface area contributed by atoms with Gasteiger partial charge in [-0.2, -0.15) is 0 Å². The maximum absolute atomic E-state index is 13.4. The lowest BCUT2D eigenvalue weighted by atomic mass is 9.73. The molecule has 1 saturated heterocycles. The number of benzene rings is 1. The molecule has 1 aliphatic heterocycles. The summed E-state index contributed by atoms with van der Waals surface area (Å²) in [6.45, 7) is 0.654. The zero-order valence-electron chi connectivity index (χ0n) is 16.3. The maximum Gasteiger partial charge on any atom is 0.326 e. The number of carbonyl (C=O) groups excluding carboxylic acids is 4. The van der Waals surface area contributed by atoms with Crippen LogP contribution in [0.25, 0.3) is 0 Å². The van der Waals surface area contributed by atoms with Crippen LogP contribution in [0.4, 0.5) is 9.18 Å². The fourth-order valence-electron chi connectivity index (χ4n) is 3.94. The molecular formula is C20H23FN2O6. The molecule has 2 aliphatic rings. The van der Waals surface area contributed by atoms with Crippen LogP contribution in [-0.2, 0) is 14.3 Å². The van der Waals surface area contributed by atoms with E-state index in [4.69, 9.17) is 9.47 Å². The summed E-state index contributed by atoms with van der Waals surface area (Å²) in [4.78, 5) is 50.3. The molecule has 8 nitrogen and oxygen atoms in total. The summed E-state index contributed by atoms with van der Waals surface area (Å²) in [5.41, 5.74) is -1.04.